The van der Waals surface area contributed by atoms with Gasteiger partial charge >= 0.3 is 0 Å². The normalized spacial score (nSPS) is 43.8. The SMILES string of the molecule is CC1CC(O)CNC12CC2. The van der Waals surface area contributed by atoms with E-state index in [0.29, 0.717) is 11.5 Å². The van der Waals surface area contributed by atoms with Crippen LogP contribution in [-0.4, -0.2) is 23.3 Å². The molecule has 2 nitrogen and oxygen atoms in total. The lowest BCUT2D eigenvalue weighted by molar-refractivity contribution is 0.0892. The number of piperidine rings is 1. The average Bonchev–Trinajstić information content (AvgIpc) is 2.62. The summed E-state index contributed by atoms with van der Waals surface area (Å²) < 4.78 is 0. The third-order valence-corrected chi connectivity index (χ3v) is 3.05. The Bertz CT molecular complexity index is 142. The van der Waals surface area contributed by atoms with Crippen molar-refractivity contribution in [3.8, 4) is 0 Å². The van der Waals surface area contributed by atoms with Crippen molar-refractivity contribution < 1.29 is 5.11 Å². The van der Waals surface area contributed by atoms with Gasteiger partial charge in [-0.2, -0.15) is 0 Å². The molecule has 1 saturated carbocycles. The highest BCUT2D eigenvalue weighted by Crippen LogP contribution is 2.45. The highest BCUT2D eigenvalue weighted by Gasteiger charge is 2.49. The monoisotopic (exact) mass is 141 g/mol. The lowest BCUT2D eigenvalue weighted by Crippen LogP contribution is -2.48. The molecule has 10 heavy (non-hydrogen) atoms. The van der Waals surface area contributed by atoms with Crippen molar-refractivity contribution >= 4 is 0 Å². The first kappa shape index (κ1) is 6.62. The molecule has 0 radical (unpaired) electrons. The molecule has 1 aliphatic heterocycles. The van der Waals surface area contributed by atoms with Crippen molar-refractivity contribution in [2.75, 3.05) is 6.54 Å². The van der Waals surface area contributed by atoms with Crippen LogP contribution in [-0.2, 0) is 0 Å². The maximum Gasteiger partial charge on any atom is 0.0668 e. The first-order valence-electron chi connectivity index (χ1n) is 4.16. The zero-order chi connectivity index (χ0) is 7.19. The Morgan fingerprint density at radius 3 is 2.70 bits per heavy atom. The van der Waals surface area contributed by atoms with Gasteiger partial charge in [-0.05, 0) is 25.2 Å². The largest absolute Gasteiger partial charge is 0.392 e. The molecular formula is C8H15NO. The summed E-state index contributed by atoms with van der Waals surface area (Å²) in [6.45, 7) is 3.05. The fourth-order valence-electron chi connectivity index (χ4n) is 2.02. The molecule has 0 amide bonds. The zero-order valence-corrected chi connectivity index (χ0v) is 6.43. The summed E-state index contributed by atoms with van der Waals surface area (Å²) in [7, 11) is 0. The quantitative estimate of drug-likeness (QED) is 0.515. The number of hydrogen-bond acceptors (Lipinski definition) is 2. The van der Waals surface area contributed by atoms with Crippen molar-refractivity contribution in [3.05, 3.63) is 0 Å². The Morgan fingerprint density at radius 1 is 1.50 bits per heavy atom. The van der Waals surface area contributed by atoms with Crippen LogP contribution in [0.15, 0.2) is 0 Å². The van der Waals surface area contributed by atoms with Gasteiger partial charge in [-0.25, -0.2) is 0 Å². The highest BCUT2D eigenvalue weighted by atomic mass is 16.3. The summed E-state index contributed by atoms with van der Waals surface area (Å²) >= 11 is 0. The molecular weight excluding hydrogens is 126 g/mol. The van der Waals surface area contributed by atoms with E-state index < -0.39 is 0 Å². The van der Waals surface area contributed by atoms with E-state index in [1.807, 2.05) is 0 Å². The number of aliphatic hydroxyl groups excluding tert-OH is 1. The fraction of sp³-hybridized carbons (Fsp3) is 1.00. The Labute approximate surface area is 61.6 Å². The van der Waals surface area contributed by atoms with Gasteiger partial charge in [0.1, 0.15) is 0 Å². The summed E-state index contributed by atoms with van der Waals surface area (Å²) in [6, 6.07) is 0. The fourth-order valence-corrected chi connectivity index (χ4v) is 2.02. The van der Waals surface area contributed by atoms with E-state index in [4.69, 9.17) is 0 Å². The van der Waals surface area contributed by atoms with Crippen LogP contribution in [0.2, 0.25) is 0 Å². The lowest BCUT2D eigenvalue weighted by Gasteiger charge is -2.33. The Hall–Kier alpha value is -0.0800. The molecule has 1 aliphatic carbocycles. The van der Waals surface area contributed by atoms with Crippen molar-refractivity contribution in [3.63, 3.8) is 0 Å². The second-order valence-electron chi connectivity index (χ2n) is 3.83. The van der Waals surface area contributed by atoms with Crippen LogP contribution in [0, 0.1) is 5.92 Å². The van der Waals surface area contributed by atoms with Crippen molar-refractivity contribution in [1.29, 1.82) is 0 Å². The molecule has 2 aliphatic rings. The van der Waals surface area contributed by atoms with Crippen LogP contribution >= 0.6 is 0 Å². The Kier molecular flexibility index (Phi) is 1.29. The van der Waals surface area contributed by atoms with Gasteiger partial charge in [0.2, 0.25) is 0 Å². The van der Waals surface area contributed by atoms with Crippen molar-refractivity contribution in [1.82, 2.24) is 5.32 Å². The number of aliphatic hydroxyl groups is 1. The van der Waals surface area contributed by atoms with Gasteiger partial charge in [0.15, 0.2) is 0 Å². The van der Waals surface area contributed by atoms with Gasteiger partial charge in [-0.1, -0.05) is 6.92 Å². The summed E-state index contributed by atoms with van der Waals surface area (Å²) in [5, 5.41) is 12.7. The minimum Gasteiger partial charge on any atom is -0.392 e. The smallest absolute Gasteiger partial charge is 0.0668 e. The van der Waals surface area contributed by atoms with E-state index >= 15 is 0 Å². The number of β-amino-alcohol motifs (C(OH)–C–C–N with tert-alkyl or cyclic N) is 1. The maximum absolute atomic E-state index is 9.28. The van der Waals surface area contributed by atoms with Gasteiger partial charge in [-0.3, -0.25) is 0 Å². The summed E-state index contributed by atoms with van der Waals surface area (Å²) in [5.41, 5.74) is 0.458. The molecule has 0 aromatic carbocycles. The second kappa shape index (κ2) is 1.95. The van der Waals surface area contributed by atoms with E-state index in [9.17, 15) is 5.11 Å². The second-order valence-corrected chi connectivity index (χ2v) is 3.83. The Balaban J connectivity index is 2.01. The van der Waals surface area contributed by atoms with Crippen LogP contribution in [0.25, 0.3) is 0 Å². The van der Waals surface area contributed by atoms with E-state index in [-0.39, 0.29) is 6.10 Å². The minimum absolute atomic E-state index is 0.0961. The van der Waals surface area contributed by atoms with Crippen LogP contribution in [0.1, 0.15) is 26.2 Å². The molecule has 0 bridgehead atoms. The van der Waals surface area contributed by atoms with E-state index in [1.54, 1.807) is 0 Å². The standard InChI is InChI=1S/C8H15NO/c1-6-4-7(10)5-9-8(6)2-3-8/h6-7,9-10H,2-5H2,1H3. The molecule has 0 aromatic heterocycles. The average molecular weight is 141 g/mol. The third kappa shape index (κ3) is 0.867. The number of hydrogen-bond donors (Lipinski definition) is 2. The van der Waals surface area contributed by atoms with Gasteiger partial charge < -0.3 is 10.4 Å². The molecule has 2 heteroatoms. The molecule has 1 spiro atoms. The van der Waals surface area contributed by atoms with Crippen LogP contribution < -0.4 is 5.32 Å². The van der Waals surface area contributed by atoms with Crippen molar-refractivity contribution in [2.45, 2.75) is 37.8 Å². The summed E-state index contributed by atoms with van der Waals surface area (Å²) in [6.07, 6.45) is 3.54. The van der Waals surface area contributed by atoms with Gasteiger partial charge in [0.05, 0.1) is 6.10 Å². The molecule has 1 heterocycles. The van der Waals surface area contributed by atoms with Crippen LogP contribution in [0.5, 0.6) is 0 Å². The first-order valence-corrected chi connectivity index (χ1v) is 4.16. The zero-order valence-electron chi connectivity index (χ0n) is 6.43. The van der Waals surface area contributed by atoms with E-state index in [0.717, 1.165) is 13.0 Å². The topological polar surface area (TPSA) is 32.3 Å². The van der Waals surface area contributed by atoms with Crippen LogP contribution in [0.3, 0.4) is 0 Å². The molecule has 58 valence electrons. The van der Waals surface area contributed by atoms with Crippen molar-refractivity contribution in [2.24, 2.45) is 5.92 Å². The molecule has 2 atom stereocenters. The van der Waals surface area contributed by atoms with Crippen LogP contribution in [0.4, 0.5) is 0 Å². The molecule has 0 aromatic rings. The predicted molar refractivity (Wildman–Crippen MR) is 39.8 cm³/mol. The van der Waals surface area contributed by atoms with E-state index in [1.165, 1.54) is 12.8 Å². The first-order chi connectivity index (χ1) is 4.73. The summed E-state index contributed by atoms with van der Waals surface area (Å²) in [5.74, 6) is 0.677. The molecule has 2 fully saturated rings. The molecule has 2 rings (SSSR count). The lowest BCUT2D eigenvalue weighted by atomic mass is 9.89. The number of nitrogens with one attached hydrogen (secondary N) is 1. The molecule has 2 unspecified atom stereocenters. The van der Waals surface area contributed by atoms with Gasteiger partial charge in [0.25, 0.3) is 0 Å². The number of rotatable bonds is 0. The van der Waals surface area contributed by atoms with Gasteiger partial charge in [-0.15, -0.1) is 0 Å². The third-order valence-electron chi connectivity index (χ3n) is 3.05. The maximum atomic E-state index is 9.28. The summed E-state index contributed by atoms with van der Waals surface area (Å²) in [4.78, 5) is 0. The molecule has 2 N–H and O–H groups in total. The predicted octanol–water partition coefficient (Wildman–Crippen LogP) is 0.509. The Morgan fingerprint density at radius 2 is 2.20 bits per heavy atom. The minimum atomic E-state index is -0.0961. The van der Waals surface area contributed by atoms with Gasteiger partial charge in [0, 0.05) is 12.1 Å². The highest BCUT2D eigenvalue weighted by molar-refractivity contribution is 5.08. The van der Waals surface area contributed by atoms with E-state index in [2.05, 4.69) is 12.2 Å². The molecule has 1 saturated heterocycles.